The maximum atomic E-state index is 5.54. The Morgan fingerprint density at radius 3 is 2.50 bits per heavy atom. The fraction of sp³-hybridized carbons (Fsp3) is 0.211. The predicted molar refractivity (Wildman–Crippen MR) is 91.7 cm³/mol. The van der Waals surface area contributed by atoms with E-state index >= 15 is 0 Å². The van der Waals surface area contributed by atoms with Crippen molar-refractivity contribution in [2.75, 3.05) is 19.1 Å². The number of hydrogen-bond donors (Lipinski definition) is 0. The van der Waals surface area contributed by atoms with Gasteiger partial charge in [-0.15, -0.1) is 0 Å². The molecule has 2 aromatic heterocycles. The monoisotopic (exact) mass is 325 g/mol. The summed E-state index contributed by atoms with van der Waals surface area (Å²) in [5.74, 6) is 3.32. The number of pyridine rings is 1. The first-order valence-corrected chi connectivity index (χ1v) is 7.69. The normalized spacial score (nSPS) is 10.5. The van der Waals surface area contributed by atoms with Crippen molar-refractivity contribution in [1.29, 1.82) is 0 Å². The van der Waals surface area contributed by atoms with Crippen LogP contribution in [-0.4, -0.2) is 14.2 Å². The second kappa shape index (κ2) is 7.08. The number of furan rings is 1. The molecule has 124 valence electrons. The van der Waals surface area contributed by atoms with Gasteiger partial charge in [-0.05, 0) is 30.3 Å². The van der Waals surface area contributed by atoms with Crippen LogP contribution in [-0.2, 0) is 13.6 Å². The molecule has 24 heavy (non-hydrogen) atoms. The molecular formula is C19H21N2O3+. The molecule has 0 unspecified atom stereocenters. The quantitative estimate of drug-likeness (QED) is 0.651. The third kappa shape index (κ3) is 3.20. The number of benzene rings is 1. The first kappa shape index (κ1) is 15.9. The topological polar surface area (TPSA) is 38.7 Å². The van der Waals surface area contributed by atoms with Crippen molar-refractivity contribution in [2.24, 2.45) is 7.05 Å². The Bertz CT molecular complexity index is 800. The average Bonchev–Trinajstić information content (AvgIpc) is 3.13. The van der Waals surface area contributed by atoms with Crippen molar-refractivity contribution in [3.8, 4) is 11.5 Å². The van der Waals surface area contributed by atoms with Gasteiger partial charge in [0.25, 0.3) is 5.82 Å². The Kier molecular flexibility index (Phi) is 4.70. The summed E-state index contributed by atoms with van der Waals surface area (Å²) in [7, 11) is 5.29. The summed E-state index contributed by atoms with van der Waals surface area (Å²) in [5, 5.41) is 0. The second-order valence-corrected chi connectivity index (χ2v) is 5.37. The molecule has 0 spiro atoms. The third-order valence-electron chi connectivity index (χ3n) is 3.88. The minimum Gasteiger partial charge on any atom is -0.493 e. The van der Waals surface area contributed by atoms with Crippen molar-refractivity contribution in [1.82, 2.24) is 0 Å². The van der Waals surface area contributed by atoms with Crippen LogP contribution in [0, 0.1) is 0 Å². The number of nitrogens with zero attached hydrogens (tertiary/aromatic N) is 2. The molecule has 0 atom stereocenters. The predicted octanol–water partition coefficient (Wildman–Crippen LogP) is 3.46. The van der Waals surface area contributed by atoms with Crippen LogP contribution in [0.5, 0.6) is 11.5 Å². The van der Waals surface area contributed by atoms with Crippen molar-refractivity contribution in [3.05, 3.63) is 66.8 Å². The highest BCUT2D eigenvalue weighted by atomic mass is 16.5. The van der Waals surface area contributed by atoms with Gasteiger partial charge >= 0.3 is 0 Å². The van der Waals surface area contributed by atoms with E-state index < -0.39 is 0 Å². The Hall–Kier alpha value is -2.95. The van der Waals surface area contributed by atoms with Crippen LogP contribution in [0.25, 0.3) is 0 Å². The van der Waals surface area contributed by atoms with Gasteiger partial charge < -0.3 is 13.9 Å². The lowest BCUT2D eigenvalue weighted by Gasteiger charge is -2.18. The molecule has 1 aromatic carbocycles. The van der Waals surface area contributed by atoms with Crippen LogP contribution >= 0.6 is 0 Å². The summed E-state index contributed by atoms with van der Waals surface area (Å²) in [6, 6.07) is 15.8. The van der Waals surface area contributed by atoms with E-state index in [1.807, 2.05) is 55.7 Å². The van der Waals surface area contributed by atoms with Gasteiger partial charge in [-0.2, -0.15) is 0 Å². The van der Waals surface area contributed by atoms with E-state index in [1.54, 1.807) is 20.5 Å². The van der Waals surface area contributed by atoms with Gasteiger partial charge in [-0.1, -0.05) is 6.07 Å². The zero-order valence-corrected chi connectivity index (χ0v) is 14.1. The molecule has 0 amide bonds. The van der Waals surface area contributed by atoms with Crippen molar-refractivity contribution < 1.29 is 18.5 Å². The number of aryl methyl sites for hydroxylation is 1. The Balaban J connectivity index is 2.06. The average molecular weight is 325 g/mol. The molecule has 0 N–H and O–H groups in total. The maximum absolute atomic E-state index is 5.54. The fourth-order valence-electron chi connectivity index (χ4n) is 2.65. The highest BCUT2D eigenvalue weighted by Crippen LogP contribution is 2.34. The highest BCUT2D eigenvalue weighted by molar-refractivity contribution is 5.63. The van der Waals surface area contributed by atoms with Gasteiger partial charge in [0.05, 0.1) is 33.7 Å². The summed E-state index contributed by atoms with van der Waals surface area (Å²) in [5.41, 5.74) is 0.992. The van der Waals surface area contributed by atoms with E-state index in [0.29, 0.717) is 18.0 Å². The molecule has 2 heterocycles. The number of anilines is 2. The summed E-state index contributed by atoms with van der Waals surface area (Å²) in [6.45, 7) is 0.611. The molecule has 0 radical (unpaired) electrons. The minimum atomic E-state index is 0.611. The highest BCUT2D eigenvalue weighted by Gasteiger charge is 2.23. The van der Waals surface area contributed by atoms with E-state index in [9.17, 15) is 0 Å². The number of ether oxygens (including phenoxy) is 2. The van der Waals surface area contributed by atoms with Crippen LogP contribution in [0.1, 0.15) is 5.76 Å². The summed E-state index contributed by atoms with van der Waals surface area (Å²) >= 11 is 0. The van der Waals surface area contributed by atoms with E-state index in [2.05, 4.69) is 15.5 Å². The second-order valence-electron chi connectivity index (χ2n) is 5.37. The molecule has 0 aliphatic heterocycles. The van der Waals surface area contributed by atoms with E-state index in [-0.39, 0.29) is 0 Å². The molecule has 0 saturated heterocycles. The summed E-state index contributed by atoms with van der Waals surface area (Å²) < 4.78 is 18.4. The van der Waals surface area contributed by atoms with Crippen molar-refractivity contribution in [2.45, 2.75) is 6.54 Å². The molecule has 0 aliphatic rings. The van der Waals surface area contributed by atoms with Gasteiger partial charge in [0.2, 0.25) is 0 Å². The van der Waals surface area contributed by atoms with E-state index in [0.717, 1.165) is 17.3 Å². The van der Waals surface area contributed by atoms with Gasteiger partial charge in [0, 0.05) is 12.1 Å². The Morgan fingerprint density at radius 1 is 1.00 bits per heavy atom. The summed E-state index contributed by atoms with van der Waals surface area (Å²) in [6.07, 6.45) is 3.71. The fourth-order valence-corrected chi connectivity index (χ4v) is 2.65. The van der Waals surface area contributed by atoms with Gasteiger partial charge in [0.1, 0.15) is 18.0 Å². The Labute approximate surface area is 141 Å². The molecule has 0 saturated carbocycles. The zero-order valence-electron chi connectivity index (χ0n) is 14.1. The minimum absolute atomic E-state index is 0.611. The molecule has 5 heteroatoms. The number of hydrogen-bond acceptors (Lipinski definition) is 4. The lowest BCUT2D eigenvalue weighted by molar-refractivity contribution is -0.658. The van der Waals surface area contributed by atoms with Crippen LogP contribution in [0.4, 0.5) is 11.5 Å². The number of aromatic nitrogens is 1. The zero-order chi connectivity index (χ0) is 16.9. The lowest BCUT2D eigenvalue weighted by Crippen LogP contribution is -2.36. The molecule has 5 nitrogen and oxygen atoms in total. The number of rotatable bonds is 6. The number of methoxy groups -OCH3 is 2. The van der Waals surface area contributed by atoms with Crippen molar-refractivity contribution >= 4 is 11.5 Å². The van der Waals surface area contributed by atoms with Gasteiger partial charge in [-0.3, -0.25) is 0 Å². The first-order chi connectivity index (χ1) is 11.7. The van der Waals surface area contributed by atoms with E-state index in [1.165, 1.54) is 0 Å². The molecule has 0 fully saturated rings. The molecule has 0 bridgehead atoms. The van der Waals surface area contributed by atoms with Gasteiger partial charge in [-0.25, -0.2) is 9.47 Å². The maximum Gasteiger partial charge on any atom is 0.281 e. The SMILES string of the molecule is COc1ccc(N(Cc2ccco2)c2cccc[n+]2C)cc1OC. The molecule has 0 aliphatic carbocycles. The third-order valence-corrected chi connectivity index (χ3v) is 3.88. The first-order valence-electron chi connectivity index (χ1n) is 7.69. The van der Waals surface area contributed by atoms with Crippen LogP contribution < -0.4 is 18.9 Å². The largest absolute Gasteiger partial charge is 0.493 e. The van der Waals surface area contributed by atoms with Crippen molar-refractivity contribution in [3.63, 3.8) is 0 Å². The van der Waals surface area contributed by atoms with E-state index in [4.69, 9.17) is 13.9 Å². The van der Waals surface area contributed by atoms with Crippen LogP contribution in [0.3, 0.4) is 0 Å². The Morgan fingerprint density at radius 2 is 1.83 bits per heavy atom. The molecular weight excluding hydrogens is 304 g/mol. The standard InChI is InChI=1S/C19H21N2O3/c1-20-11-5-4-8-19(20)21(14-16-7-6-12-24-16)15-9-10-17(22-2)18(13-15)23-3/h4-13H,14H2,1-3H3/q+1. The summed E-state index contributed by atoms with van der Waals surface area (Å²) in [4.78, 5) is 2.17. The lowest BCUT2D eigenvalue weighted by atomic mass is 10.2. The molecule has 3 rings (SSSR count). The van der Waals surface area contributed by atoms with Gasteiger partial charge in [0.15, 0.2) is 11.5 Å². The molecule has 3 aromatic rings. The van der Waals surface area contributed by atoms with Crippen LogP contribution in [0.2, 0.25) is 0 Å². The van der Waals surface area contributed by atoms with Crippen LogP contribution in [0.15, 0.2) is 65.4 Å². The smallest absolute Gasteiger partial charge is 0.281 e.